The van der Waals surface area contributed by atoms with Gasteiger partial charge in [-0.2, -0.15) is 11.3 Å². The summed E-state index contributed by atoms with van der Waals surface area (Å²) in [5, 5.41) is 14.6. The van der Waals surface area contributed by atoms with Gasteiger partial charge < -0.3 is 5.11 Å². The number of hydrogen-bond acceptors (Lipinski definition) is 2. The van der Waals surface area contributed by atoms with Crippen LogP contribution in [0, 0.1) is 0 Å². The average Bonchev–Trinajstić information content (AvgIpc) is 2.65. The Morgan fingerprint density at radius 1 is 1.20 bits per heavy atom. The molecule has 15 heavy (non-hydrogen) atoms. The topological polar surface area (TPSA) is 20.2 Å². The number of halogens is 2. The molecule has 0 amide bonds. The van der Waals surface area contributed by atoms with Gasteiger partial charge in [0.15, 0.2) is 0 Å². The molecule has 2 rings (SSSR count). The first-order valence-electron chi connectivity index (χ1n) is 4.33. The zero-order valence-electron chi connectivity index (χ0n) is 7.65. The molecule has 4 heteroatoms. The molecule has 1 atom stereocenters. The Morgan fingerprint density at radius 3 is 2.40 bits per heavy atom. The Balaban J connectivity index is 2.32. The minimum Gasteiger partial charge on any atom is -0.384 e. The molecule has 1 aromatic heterocycles. The number of thiophene rings is 1. The van der Waals surface area contributed by atoms with Crippen molar-refractivity contribution in [3.63, 3.8) is 0 Å². The van der Waals surface area contributed by atoms with E-state index in [4.69, 9.17) is 11.6 Å². The van der Waals surface area contributed by atoms with Gasteiger partial charge in [-0.05, 0) is 39.0 Å². The van der Waals surface area contributed by atoms with Crippen LogP contribution in [-0.4, -0.2) is 5.11 Å². The predicted molar refractivity (Wildman–Crippen MR) is 67.5 cm³/mol. The van der Waals surface area contributed by atoms with E-state index in [1.165, 1.54) is 0 Å². The fraction of sp³-hybridized carbons (Fsp3) is 0.0909. The minimum atomic E-state index is -0.595. The largest absolute Gasteiger partial charge is 0.384 e. The van der Waals surface area contributed by atoms with E-state index in [0.29, 0.717) is 5.02 Å². The third kappa shape index (κ3) is 2.42. The van der Waals surface area contributed by atoms with Crippen LogP contribution in [0.15, 0.2) is 39.5 Å². The van der Waals surface area contributed by atoms with Crippen molar-refractivity contribution >= 4 is 38.9 Å². The summed E-state index contributed by atoms with van der Waals surface area (Å²) >= 11 is 10.7. The van der Waals surface area contributed by atoms with Crippen LogP contribution in [0.5, 0.6) is 0 Å². The lowest BCUT2D eigenvalue weighted by Gasteiger charge is -2.10. The molecule has 1 nitrogen and oxygen atoms in total. The van der Waals surface area contributed by atoms with Crippen molar-refractivity contribution in [2.75, 3.05) is 0 Å². The first kappa shape index (κ1) is 11.1. The van der Waals surface area contributed by atoms with Gasteiger partial charge in [0.25, 0.3) is 0 Å². The van der Waals surface area contributed by atoms with Crippen molar-refractivity contribution in [2.45, 2.75) is 6.10 Å². The fourth-order valence-electron chi connectivity index (χ4n) is 1.31. The third-order valence-corrected chi connectivity index (χ3v) is 4.13. The number of benzene rings is 1. The fourth-order valence-corrected chi connectivity index (χ4v) is 2.97. The van der Waals surface area contributed by atoms with Gasteiger partial charge in [0.05, 0.1) is 0 Å². The maximum absolute atomic E-state index is 10.1. The Morgan fingerprint density at radius 2 is 1.87 bits per heavy atom. The van der Waals surface area contributed by atoms with Crippen molar-refractivity contribution in [3.05, 3.63) is 55.6 Å². The zero-order valence-corrected chi connectivity index (χ0v) is 10.8. The molecule has 0 saturated carbocycles. The number of aliphatic hydroxyl groups is 1. The summed E-state index contributed by atoms with van der Waals surface area (Å²) in [6.07, 6.45) is -0.595. The molecule has 78 valence electrons. The van der Waals surface area contributed by atoms with Crippen LogP contribution in [0.25, 0.3) is 0 Å². The maximum Gasteiger partial charge on any atom is 0.106 e. The van der Waals surface area contributed by atoms with E-state index in [1.807, 2.05) is 22.9 Å². The van der Waals surface area contributed by atoms with Crippen molar-refractivity contribution in [1.82, 2.24) is 0 Å². The molecular weight excluding hydrogens is 296 g/mol. The molecule has 1 unspecified atom stereocenters. The highest BCUT2D eigenvalue weighted by atomic mass is 79.9. The number of aliphatic hydroxyl groups excluding tert-OH is 1. The van der Waals surface area contributed by atoms with Crippen molar-refractivity contribution in [2.24, 2.45) is 0 Å². The van der Waals surface area contributed by atoms with Gasteiger partial charge in [0, 0.05) is 20.4 Å². The molecule has 0 saturated heterocycles. The Kier molecular flexibility index (Phi) is 3.46. The number of hydrogen-bond donors (Lipinski definition) is 1. The Labute approximate surface area is 105 Å². The molecule has 1 heterocycles. The highest BCUT2D eigenvalue weighted by Gasteiger charge is 2.13. The van der Waals surface area contributed by atoms with E-state index in [2.05, 4.69) is 15.9 Å². The second kappa shape index (κ2) is 4.66. The average molecular weight is 304 g/mol. The van der Waals surface area contributed by atoms with Crippen molar-refractivity contribution in [3.8, 4) is 0 Å². The molecule has 1 N–H and O–H groups in total. The predicted octanol–water partition coefficient (Wildman–Crippen LogP) is 4.25. The quantitative estimate of drug-likeness (QED) is 0.879. The van der Waals surface area contributed by atoms with E-state index in [9.17, 15) is 5.11 Å². The van der Waals surface area contributed by atoms with Crippen LogP contribution in [0.3, 0.4) is 0 Å². The maximum atomic E-state index is 10.1. The first-order valence-corrected chi connectivity index (χ1v) is 6.45. The summed E-state index contributed by atoms with van der Waals surface area (Å²) in [5.74, 6) is 0. The van der Waals surface area contributed by atoms with Crippen LogP contribution < -0.4 is 0 Å². The third-order valence-electron chi connectivity index (χ3n) is 2.12. The summed E-state index contributed by atoms with van der Waals surface area (Å²) in [4.78, 5) is 0. The summed E-state index contributed by atoms with van der Waals surface area (Å²) < 4.78 is 0.940. The van der Waals surface area contributed by atoms with Crippen LogP contribution in [0.2, 0.25) is 5.02 Å². The summed E-state index contributed by atoms with van der Waals surface area (Å²) in [5.41, 5.74) is 1.74. The van der Waals surface area contributed by atoms with Crippen molar-refractivity contribution in [1.29, 1.82) is 0 Å². The molecule has 0 aliphatic carbocycles. The van der Waals surface area contributed by atoms with Crippen LogP contribution >= 0.6 is 38.9 Å². The summed E-state index contributed by atoms with van der Waals surface area (Å²) in [6.45, 7) is 0. The van der Waals surface area contributed by atoms with Gasteiger partial charge in [-0.1, -0.05) is 23.7 Å². The normalized spacial score (nSPS) is 12.7. The number of rotatable bonds is 2. The lowest BCUT2D eigenvalue weighted by Crippen LogP contribution is -1.98. The Hall–Kier alpha value is -0.350. The molecule has 0 radical (unpaired) electrons. The molecule has 0 aliphatic rings. The van der Waals surface area contributed by atoms with Crippen molar-refractivity contribution < 1.29 is 5.11 Å². The van der Waals surface area contributed by atoms with Gasteiger partial charge in [-0.15, -0.1) is 0 Å². The van der Waals surface area contributed by atoms with E-state index in [0.717, 1.165) is 15.6 Å². The highest BCUT2D eigenvalue weighted by molar-refractivity contribution is 9.10. The van der Waals surface area contributed by atoms with Gasteiger partial charge in [0.2, 0.25) is 0 Å². The molecule has 2 aromatic rings. The van der Waals surface area contributed by atoms with E-state index < -0.39 is 6.10 Å². The zero-order chi connectivity index (χ0) is 10.8. The van der Waals surface area contributed by atoms with E-state index in [-0.39, 0.29) is 0 Å². The lowest BCUT2D eigenvalue weighted by molar-refractivity contribution is 0.220. The molecular formula is C11H8BrClOS. The first-order chi connectivity index (χ1) is 7.18. The highest BCUT2D eigenvalue weighted by Crippen LogP contribution is 2.31. The summed E-state index contributed by atoms with van der Waals surface area (Å²) in [7, 11) is 0. The monoisotopic (exact) mass is 302 g/mol. The molecule has 0 aliphatic heterocycles. The lowest BCUT2D eigenvalue weighted by atomic mass is 10.0. The SMILES string of the molecule is OC(c1ccc(Cl)cc1)c1cscc1Br. The Bertz CT molecular complexity index is 452. The minimum absolute atomic E-state index is 0.595. The van der Waals surface area contributed by atoms with Gasteiger partial charge >= 0.3 is 0 Å². The second-order valence-electron chi connectivity index (χ2n) is 3.13. The molecule has 1 aromatic carbocycles. The second-order valence-corrected chi connectivity index (χ2v) is 5.16. The standard InChI is InChI=1S/C11H8BrClOS/c12-10-6-15-5-9(10)11(14)7-1-3-8(13)4-2-7/h1-6,11,14H. The van der Waals surface area contributed by atoms with Crippen LogP contribution in [0.4, 0.5) is 0 Å². The molecule has 0 fully saturated rings. The van der Waals surface area contributed by atoms with Crippen LogP contribution in [0.1, 0.15) is 17.2 Å². The smallest absolute Gasteiger partial charge is 0.106 e. The summed E-state index contributed by atoms with van der Waals surface area (Å²) in [6, 6.07) is 7.22. The van der Waals surface area contributed by atoms with Gasteiger partial charge in [-0.25, -0.2) is 0 Å². The van der Waals surface area contributed by atoms with Gasteiger partial charge in [-0.3, -0.25) is 0 Å². The molecule has 0 bridgehead atoms. The van der Waals surface area contributed by atoms with E-state index >= 15 is 0 Å². The van der Waals surface area contributed by atoms with E-state index in [1.54, 1.807) is 23.5 Å². The van der Waals surface area contributed by atoms with Gasteiger partial charge in [0.1, 0.15) is 6.10 Å². The molecule has 0 spiro atoms. The van der Waals surface area contributed by atoms with Crippen LogP contribution in [-0.2, 0) is 0 Å².